The van der Waals surface area contributed by atoms with Crippen LogP contribution in [0.5, 0.6) is 0 Å². The van der Waals surface area contributed by atoms with Gasteiger partial charge in [-0.25, -0.2) is 0 Å². The second kappa shape index (κ2) is 7.12. The van der Waals surface area contributed by atoms with Crippen molar-refractivity contribution in [1.29, 1.82) is 0 Å². The van der Waals surface area contributed by atoms with Crippen LogP contribution in [0.25, 0.3) is 0 Å². The van der Waals surface area contributed by atoms with E-state index in [1.165, 1.54) is 12.8 Å². The Labute approximate surface area is 133 Å². The third-order valence-corrected chi connectivity index (χ3v) is 4.94. The Morgan fingerprint density at radius 3 is 2.71 bits per heavy atom. The third kappa shape index (κ3) is 4.21. The van der Waals surface area contributed by atoms with Gasteiger partial charge in [0.2, 0.25) is 0 Å². The van der Waals surface area contributed by atoms with E-state index in [4.69, 9.17) is 11.6 Å². The first-order chi connectivity index (χ1) is 9.88. The van der Waals surface area contributed by atoms with E-state index in [2.05, 4.69) is 36.1 Å². The van der Waals surface area contributed by atoms with Crippen LogP contribution in [0, 0.1) is 12.8 Å². The predicted octanol–water partition coefficient (Wildman–Crippen LogP) is 2.98. The lowest BCUT2D eigenvalue weighted by molar-refractivity contribution is 0.185. The molecule has 0 saturated carbocycles. The van der Waals surface area contributed by atoms with E-state index in [1.54, 1.807) is 0 Å². The molecule has 2 rings (SSSR count). The van der Waals surface area contributed by atoms with Crippen LogP contribution in [-0.2, 0) is 13.6 Å². The topological polar surface area (TPSA) is 33.1 Å². The lowest BCUT2D eigenvalue weighted by Crippen LogP contribution is -2.40. The molecule has 1 aromatic heterocycles. The minimum atomic E-state index is 0.570. The van der Waals surface area contributed by atoms with Gasteiger partial charge in [0.15, 0.2) is 0 Å². The molecule has 1 aliphatic rings. The molecule has 21 heavy (non-hydrogen) atoms. The number of halogens is 1. The molecule has 1 saturated heterocycles. The van der Waals surface area contributed by atoms with Gasteiger partial charge in [-0.05, 0) is 39.2 Å². The summed E-state index contributed by atoms with van der Waals surface area (Å²) in [6.45, 7) is 11.9. The van der Waals surface area contributed by atoms with E-state index in [9.17, 15) is 0 Å². The van der Waals surface area contributed by atoms with Gasteiger partial charge in [-0.3, -0.25) is 9.58 Å². The van der Waals surface area contributed by atoms with Crippen LogP contribution in [0.4, 0.5) is 0 Å². The Kier molecular flexibility index (Phi) is 5.69. The lowest BCUT2D eigenvalue weighted by atomic mass is 10.0. The van der Waals surface area contributed by atoms with Crippen molar-refractivity contribution in [2.45, 2.75) is 59.2 Å². The van der Waals surface area contributed by atoms with Crippen molar-refractivity contribution in [2.75, 3.05) is 13.1 Å². The molecule has 2 unspecified atom stereocenters. The van der Waals surface area contributed by atoms with Crippen LogP contribution in [0.3, 0.4) is 0 Å². The Balaban J connectivity index is 2.11. The van der Waals surface area contributed by atoms with Gasteiger partial charge in [-0.2, -0.15) is 5.10 Å². The van der Waals surface area contributed by atoms with Crippen molar-refractivity contribution in [3.8, 4) is 0 Å². The first kappa shape index (κ1) is 16.8. The predicted molar refractivity (Wildman–Crippen MR) is 88.7 cm³/mol. The average molecular weight is 313 g/mol. The summed E-state index contributed by atoms with van der Waals surface area (Å²) in [7, 11) is 1.99. The van der Waals surface area contributed by atoms with Crippen LogP contribution in [0.2, 0.25) is 5.02 Å². The number of hydrogen-bond acceptors (Lipinski definition) is 3. The zero-order valence-electron chi connectivity index (χ0n) is 14.0. The summed E-state index contributed by atoms with van der Waals surface area (Å²) in [6.07, 6.45) is 2.41. The van der Waals surface area contributed by atoms with Gasteiger partial charge in [0.25, 0.3) is 0 Å². The van der Waals surface area contributed by atoms with E-state index in [0.29, 0.717) is 12.1 Å². The largest absolute Gasteiger partial charge is 0.313 e. The molecule has 5 heteroatoms. The Hall–Kier alpha value is -0.580. The molecule has 0 aromatic carbocycles. The second-order valence-electron chi connectivity index (χ2n) is 6.82. The fraction of sp³-hybridized carbons (Fsp3) is 0.812. The SMILES string of the molecule is Cc1nn(C)c(CN2CC(CC(C)C)NCCC2C)c1Cl. The maximum Gasteiger partial charge on any atom is 0.0860 e. The average Bonchev–Trinajstić information content (AvgIpc) is 2.55. The highest BCUT2D eigenvalue weighted by molar-refractivity contribution is 6.31. The molecule has 0 spiro atoms. The van der Waals surface area contributed by atoms with Gasteiger partial charge >= 0.3 is 0 Å². The number of nitrogens with zero attached hydrogens (tertiary/aromatic N) is 3. The molecule has 0 amide bonds. The van der Waals surface area contributed by atoms with Crippen molar-refractivity contribution in [2.24, 2.45) is 13.0 Å². The Morgan fingerprint density at radius 1 is 1.43 bits per heavy atom. The first-order valence-electron chi connectivity index (χ1n) is 8.03. The van der Waals surface area contributed by atoms with E-state index < -0.39 is 0 Å². The van der Waals surface area contributed by atoms with Crippen LogP contribution in [0.15, 0.2) is 0 Å². The maximum absolute atomic E-state index is 6.42. The van der Waals surface area contributed by atoms with Crippen molar-refractivity contribution in [3.63, 3.8) is 0 Å². The molecular formula is C16H29ClN4. The normalized spacial score (nSPS) is 24.5. The minimum absolute atomic E-state index is 0.570. The van der Waals surface area contributed by atoms with Crippen molar-refractivity contribution in [3.05, 3.63) is 16.4 Å². The van der Waals surface area contributed by atoms with Gasteiger partial charge in [-0.15, -0.1) is 0 Å². The van der Waals surface area contributed by atoms with Gasteiger partial charge in [0.05, 0.1) is 16.4 Å². The third-order valence-electron chi connectivity index (χ3n) is 4.44. The summed E-state index contributed by atoms with van der Waals surface area (Å²) < 4.78 is 1.93. The van der Waals surface area contributed by atoms with Gasteiger partial charge < -0.3 is 5.32 Å². The molecule has 1 N–H and O–H groups in total. The van der Waals surface area contributed by atoms with Gasteiger partial charge in [0, 0.05) is 32.2 Å². The Morgan fingerprint density at radius 2 is 2.14 bits per heavy atom. The van der Waals surface area contributed by atoms with E-state index in [1.807, 2.05) is 18.7 Å². The number of hydrogen-bond donors (Lipinski definition) is 1. The zero-order valence-corrected chi connectivity index (χ0v) is 14.7. The van der Waals surface area contributed by atoms with E-state index in [0.717, 1.165) is 42.0 Å². The summed E-state index contributed by atoms with van der Waals surface area (Å²) >= 11 is 6.42. The standard InChI is InChI=1S/C16H29ClN4/c1-11(2)8-14-9-21(12(3)6-7-18-14)10-15-16(17)13(4)19-20(15)5/h11-12,14,18H,6-10H2,1-5H3. The number of rotatable bonds is 4. The molecule has 1 aromatic rings. The smallest absolute Gasteiger partial charge is 0.0860 e. The maximum atomic E-state index is 6.42. The van der Waals surface area contributed by atoms with Crippen LogP contribution >= 0.6 is 11.6 Å². The Bertz CT molecular complexity index is 469. The fourth-order valence-corrected chi connectivity index (χ4v) is 3.42. The van der Waals surface area contributed by atoms with Crippen molar-refractivity contribution < 1.29 is 0 Å². The molecule has 120 valence electrons. The molecule has 1 aliphatic heterocycles. The summed E-state index contributed by atoms with van der Waals surface area (Å²) in [6, 6.07) is 1.14. The summed E-state index contributed by atoms with van der Waals surface area (Å²) in [4.78, 5) is 2.55. The highest BCUT2D eigenvalue weighted by Crippen LogP contribution is 2.23. The summed E-state index contributed by atoms with van der Waals surface area (Å²) in [5, 5.41) is 8.95. The van der Waals surface area contributed by atoms with Crippen LogP contribution in [0.1, 0.15) is 45.0 Å². The lowest BCUT2D eigenvalue weighted by Gasteiger charge is -2.29. The number of nitrogens with one attached hydrogen (secondary N) is 1. The first-order valence-corrected chi connectivity index (χ1v) is 8.41. The summed E-state index contributed by atoms with van der Waals surface area (Å²) in [5.74, 6) is 0.722. The fourth-order valence-electron chi connectivity index (χ4n) is 3.20. The number of aromatic nitrogens is 2. The molecule has 4 nitrogen and oxygen atoms in total. The van der Waals surface area contributed by atoms with Gasteiger partial charge in [-0.1, -0.05) is 25.4 Å². The van der Waals surface area contributed by atoms with Gasteiger partial charge in [0.1, 0.15) is 0 Å². The molecular weight excluding hydrogens is 284 g/mol. The highest BCUT2D eigenvalue weighted by Gasteiger charge is 2.25. The molecule has 2 atom stereocenters. The summed E-state index contributed by atoms with van der Waals surface area (Å²) in [5.41, 5.74) is 2.06. The molecule has 0 aliphatic carbocycles. The monoisotopic (exact) mass is 312 g/mol. The minimum Gasteiger partial charge on any atom is -0.313 e. The van der Waals surface area contributed by atoms with E-state index in [-0.39, 0.29) is 0 Å². The van der Waals surface area contributed by atoms with Crippen LogP contribution in [-0.4, -0.2) is 39.9 Å². The molecule has 2 heterocycles. The molecule has 1 fully saturated rings. The zero-order chi connectivity index (χ0) is 15.6. The molecule has 0 radical (unpaired) electrons. The van der Waals surface area contributed by atoms with Crippen molar-refractivity contribution >= 4 is 11.6 Å². The number of aryl methyl sites for hydroxylation is 2. The van der Waals surface area contributed by atoms with E-state index >= 15 is 0 Å². The second-order valence-corrected chi connectivity index (χ2v) is 7.20. The highest BCUT2D eigenvalue weighted by atomic mass is 35.5. The molecule has 0 bridgehead atoms. The van der Waals surface area contributed by atoms with Crippen LogP contribution < -0.4 is 5.32 Å². The quantitative estimate of drug-likeness (QED) is 0.928. The van der Waals surface area contributed by atoms with Crippen molar-refractivity contribution in [1.82, 2.24) is 20.0 Å².